The second-order valence-electron chi connectivity index (χ2n) is 4.22. The zero-order valence-electron chi connectivity index (χ0n) is 9.24. The summed E-state index contributed by atoms with van der Waals surface area (Å²) in [5, 5.41) is 8.47. The van der Waals surface area contributed by atoms with E-state index in [4.69, 9.17) is 15.7 Å². The SMILES string of the molecule is CC(C)(C)ONC(=O)CC[C@H](N)C(=O)O. The third-order valence-electron chi connectivity index (χ3n) is 1.47. The molecule has 0 saturated carbocycles. The Morgan fingerprint density at radius 3 is 2.40 bits per heavy atom. The fourth-order valence-corrected chi connectivity index (χ4v) is 0.671. The molecule has 6 heteroatoms. The molecule has 15 heavy (non-hydrogen) atoms. The number of hydroxylamine groups is 1. The first kappa shape index (κ1) is 13.9. The van der Waals surface area contributed by atoms with Gasteiger partial charge in [0.25, 0.3) is 0 Å². The predicted octanol–water partition coefficient (Wildman–Crippen LogP) is 0.0248. The number of carbonyl (C=O) groups is 2. The summed E-state index contributed by atoms with van der Waals surface area (Å²) in [6, 6.07) is -1.01. The summed E-state index contributed by atoms with van der Waals surface area (Å²) in [5.41, 5.74) is 6.99. The molecule has 0 heterocycles. The number of nitrogens with one attached hydrogen (secondary N) is 1. The monoisotopic (exact) mass is 218 g/mol. The van der Waals surface area contributed by atoms with E-state index < -0.39 is 17.6 Å². The predicted molar refractivity (Wildman–Crippen MR) is 53.8 cm³/mol. The van der Waals surface area contributed by atoms with Gasteiger partial charge in [-0.05, 0) is 27.2 Å². The minimum Gasteiger partial charge on any atom is -0.480 e. The van der Waals surface area contributed by atoms with Crippen LogP contribution in [0.3, 0.4) is 0 Å². The second kappa shape index (κ2) is 5.67. The van der Waals surface area contributed by atoms with E-state index in [0.29, 0.717) is 0 Å². The summed E-state index contributed by atoms with van der Waals surface area (Å²) < 4.78 is 0. The Morgan fingerprint density at radius 2 is 2.00 bits per heavy atom. The highest BCUT2D eigenvalue weighted by atomic mass is 16.7. The van der Waals surface area contributed by atoms with Crippen LogP contribution in [-0.2, 0) is 14.4 Å². The lowest BCUT2D eigenvalue weighted by Crippen LogP contribution is -2.36. The summed E-state index contributed by atoms with van der Waals surface area (Å²) in [7, 11) is 0. The van der Waals surface area contributed by atoms with Gasteiger partial charge in [0.1, 0.15) is 6.04 Å². The lowest BCUT2D eigenvalue weighted by molar-refractivity contribution is -0.146. The summed E-state index contributed by atoms with van der Waals surface area (Å²) in [6.45, 7) is 5.36. The van der Waals surface area contributed by atoms with E-state index >= 15 is 0 Å². The zero-order chi connectivity index (χ0) is 12.1. The van der Waals surface area contributed by atoms with Gasteiger partial charge in [-0.25, -0.2) is 5.48 Å². The smallest absolute Gasteiger partial charge is 0.320 e. The first-order chi connectivity index (χ1) is 6.72. The van der Waals surface area contributed by atoms with E-state index in [1.54, 1.807) is 20.8 Å². The van der Waals surface area contributed by atoms with Crippen molar-refractivity contribution in [2.75, 3.05) is 0 Å². The van der Waals surface area contributed by atoms with E-state index in [1.807, 2.05) is 0 Å². The Balaban J connectivity index is 3.72. The van der Waals surface area contributed by atoms with E-state index in [0.717, 1.165) is 0 Å². The van der Waals surface area contributed by atoms with Crippen LogP contribution in [0, 0.1) is 0 Å². The summed E-state index contributed by atoms with van der Waals surface area (Å²) in [5.74, 6) is -1.49. The number of carboxylic acid groups (broad SMARTS) is 1. The Kier molecular flexibility index (Phi) is 5.24. The maximum Gasteiger partial charge on any atom is 0.320 e. The van der Waals surface area contributed by atoms with Crippen LogP contribution >= 0.6 is 0 Å². The summed E-state index contributed by atoms with van der Waals surface area (Å²) in [6.07, 6.45) is 0.123. The molecular formula is C9H18N2O4. The van der Waals surface area contributed by atoms with Crippen molar-refractivity contribution < 1.29 is 19.5 Å². The van der Waals surface area contributed by atoms with Crippen LogP contribution in [-0.4, -0.2) is 28.6 Å². The van der Waals surface area contributed by atoms with Crippen molar-refractivity contribution in [2.45, 2.75) is 45.3 Å². The van der Waals surface area contributed by atoms with Gasteiger partial charge < -0.3 is 10.8 Å². The van der Waals surface area contributed by atoms with Crippen LogP contribution in [0.15, 0.2) is 0 Å². The topological polar surface area (TPSA) is 102 Å². The molecule has 0 saturated heterocycles. The molecule has 0 rings (SSSR count). The Labute approximate surface area is 88.7 Å². The Hall–Kier alpha value is -1.14. The normalized spacial score (nSPS) is 13.3. The highest BCUT2D eigenvalue weighted by Gasteiger charge is 2.15. The molecule has 0 aromatic rings. The molecule has 1 atom stereocenters. The summed E-state index contributed by atoms with van der Waals surface area (Å²) in [4.78, 5) is 26.5. The maximum absolute atomic E-state index is 11.1. The van der Waals surface area contributed by atoms with Crippen LogP contribution in [0.25, 0.3) is 0 Å². The van der Waals surface area contributed by atoms with Crippen molar-refractivity contribution in [3.05, 3.63) is 0 Å². The zero-order valence-corrected chi connectivity index (χ0v) is 9.24. The third-order valence-corrected chi connectivity index (χ3v) is 1.47. The van der Waals surface area contributed by atoms with Crippen molar-refractivity contribution in [1.82, 2.24) is 5.48 Å². The molecule has 0 radical (unpaired) electrons. The molecule has 0 fully saturated rings. The molecule has 4 N–H and O–H groups in total. The fourth-order valence-electron chi connectivity index (χ4n) is 0.671. The molecule has 1 amide bonds. The third kappa shape index (κ3) is 7.90. The average Bonchev–Trinajstić information content (AvgIpc) is 2.09. The Bertz CT molecular complexity index is 235. The van der Waals surface area contributed by atoms with Gasteiger partial charge in [-0.2, -0.15) is 0 Å². The van der Waals surface area contributed by atoms with Crippen molar-refractivity contribution >= 4 is 11.9 Å². The lowest BCUT2D eigenvalue weighted by atomic mass is 10.1. The van der Waals surface area contributed by atoms with E-state index in [9.17, 15) is 9.59 Å². The molecule has 0 spiro atoms. The molecule has 0 aromatic heterocycles. The van der Waals surface area contributed by atoms with E-state index in [2.05, 4.69) is 5.48 Å². The molecule has 0 aromatic carbocycles. The van der Waals surface area contributed by atoms with Crippen LogP contribution in [0.1, 0.15) is 33.6 Å². The van der Waals surface area contributed by atoms with Gasteiger partial charge in [-0.1, -0.05) is 0 Å². The summed E-state index contributed by atoms with van der Waals surface area (Å²) >= 11 is 0. The number of carboxylic acids is 1. The van der Waals surface area contributed by atoms with Gasteiger partial charge in [0.15, 0.2) is 0 Å². The van der Waals surface area contributed by atoms with Gasteiger partial charge in [0.2, 0.25) is 5.91 Å². The van der Waals surface area contributed by atoms with Crippen LogP contribution in [0.4, 0.5) is 0 Å². The minimum atomic E-state index is -1.11. The van der Waals surface area contributed by atoms with Crippen molar-refractivity contribution in [1.29, 1.82) is 0 Å². The average molecular weight is 218 g/mol. The molecule has 0 unspecified atom stereocenters. The van der Waals surface area contributed by atoms with E-state index in [1.165, 1.54) is 0 Å². The Morgan fingerprint density at radius 1 is 1.47 bits per heavy atom. The van der Waals surface area contributed by atoms with Gasteiger partial charge >= 0.3 is 5.97 Å². The highest BCUT2D eigenvalue weighted by molar-refractivity contribution is 5.77. The lowest BCUT2D eigenvalue weighted by Gasteiger charge is -2.19. The molecule has 6 nitrogen and oxygen atoms in total. The second-order valence-corrected chi connectivity index (χ2v) is 4.22. The largest absolute Gasteiger partial charge is 0.480 e. The van der Waals surface area contributed by atoms with Crippen LogP contribution in [0.5, 0.6) is 0 Å². The quantitative estimate of drug-likeness (QED) is 0.565. The van der Waals surface area contributed by atoms with Crippen molar-refractivity contribution in [2.24, 2.45) is 5.73 Å². The van der Waals surface area contributed by atoms with Gasteiger partial charge in [-0.3, -0.25) is 14.4 Å². The molecule has 0 aliphatic rings. The molecule has 0 aliphatic carbocycles. The van der Waals surface area contributed by atoms with E-state index in [-0.39, 0.29) is 18.7 Å². The van der Waals surface area contributed by atoms with Crippen molar-refractivity contribution in [3.63, 3.8) is 0 Å². The minimum absolute atomic E-state index is 0.0313. The van der Waals surface area contributed by atoms with Crippen LogP contribution < -0.4 is 11.2 Å². The molecule has 0 bridgehead atoms. The first-order valence-electron chi connectivity index (χ1n) is 4.67. The standard InChI is InChI=1S/C9H18N2O4/c1-9(2,3)15-11-7(12)5-4-6(10)8(13)14/h6H,4-5,10H2,1-3H3,(H,11,12)(H,13,14)/t6-/m0/s1. The fraction of sp³-hybridized carbons (Fsp3) is 0.778. The number of aliphatic carboxylic acids is 1. The van der Waals surface area contributed by atoms with Gasteiger partial charge in [0.05, 0.1) is 5.60 Å². The number of rotatable bonds is 5. The van der Waals surface area contributed by atoms with Gasteiger partial charge in [0, 0.05) is 6.42 Å². The number of hydrogen-bond acceptors (Lipinski definition) is 4. The number of hydrogen-bond donors (Lipinski definition) is 3. The maximum atomic E-state index is 11.1. The number of carbonyl (C=O) groups excluding carboxylic acids is 1. The number of amides is 1. The highest BCUT2D eigenvalue weighted by Crippen LogP contribution is 2.04. The first-order valence-corrected chi connectivity index (χ1v) is 4.67. The van der Waals surface area contributed by atoms with Gasteiger partial charge in [-0.15, -0.1) is 0 Å². The van der Waals surface area contributed by atoms with Crippen molar-refractivity contribution in [3.8, 4) is 0 Å². The molecular weight excluding hydrogens is 200 g/mol. The number of nitrogens with two attached hydrogens (primary N) is 1. The van der Waals surface area contributed by atoms with Crippen LogP contribution in [0.2, 0.25) is 0 Å². The molecule has 0 aliphatic heterocycles. The molecule has 88 valence electrons.